The number of nitrogens with zero attached hydrogens (tertiary/aromatic N) is 1. The number of rotatable bonds is 10. The summed E-state index contributed by atoms with van der Waals surface area (Å²) in [6, 6.07) is 19.0. The molecule has 9 nitrogen and oxygen atoms in total. The lowest BCUT2D eigenvalue weighted by atomic mass is 10.2. The van der Waals surface area contributed by atoms with Gasteiger partial charge in [0.2, 0.25) is 0 Å². The van der Waals surface area contributed by atoms with Crippen molar-refractivity contribution < 1.29 is 23.9 Å². The smallest absolute Gasteiger partial charge is 0.329 e. The highest BCUT2D eigenvalue weighted by atomic mass is 79.9. The van der Waals surface area contributed by atoms with Crippen molar-refractivity contribution in [1.82, 2.24) is 5.43 Å². The summed E-state index contributed by atoms with van der Waals surface area (Å²) >= 11 is 3.36. The van der Waals surface area contributed by atoms with E-state index in [0.717, 1.165) is 10.0 Å². The normalized spacial score (nSPS) is 10.4. The van der Waals surface area contributed by atoms with Gasteiger partial charge in [0.1, 0.15) is 18.1 Å². The average Bonchev–Trinajstić information content (AvgIpc) is 2.89. The third-order valence-electron chi connectivity index (χ3n) is 4.72. The maximum atomic E-state index is 12.3. The van der Waals surface area contributed by atoms with Crippen LogP contribution < -0.4 is 25.5 Å². The second kappa shape index (κ2) is 13.6. The van der Waals surface area contributed by atoms with Crippen molar-refractivity contribution in [3.8, 4) is 11.5 Å². The van der Waals surface area contributed by atoms with Crippen LogP contribution in [0.5, 0.6) is 11.5 Å². The topological polar surface area (TPSA) is 118 Å². The van der Waals surface area contributed by atoms with Gasteiger partial charge in [-0.2, -0.15) is 5.10 Å². The second-order valence-corrected chi connectivity index (χ2v) is 8.58. The molecule has 0 spiro atoms. The fourth-order valence-electron chi connectivity index (χ4n) is 2.92. The van der Waals surface area contributed by atoms with E-state index in [1.165, 1.54) is 6.21 Å². The molecule has 190 valence electrons. The Balaban J connectivity index is 1.53. The summed E-state index contributed by atoms with van der Waals surface area (Å²) in [4.78, 5) is 36.6. The quantitative estimate of drug-likeness (QED) is 0.146. The molecule has 0 saturated carbocycles. The van der Waals surface area contributed by atoms with Crippen LogP contribution in [0.1, 0.15) is 11.1 Å². The number of amides is 3. The molecule has 0 radical (unpaired) electrons. The lowest BCUT2D eigenvalue weighted by molar-refractivity contribution is -0.136. The van der Waals surface area contributed by atoms with Gasteiger partial charge in [0.25, 0.3) is 5.91 Å². The maximum absolute atomic E-state index is 12.3. The highest BCUT2D eigenvalue weighted by Crippen LogP contribution is 2.22. The van der Waals surface area contributed by atoms with Gasteiger partial charge in [0.15, 0.2) is 6.61 Å². The summed E-state index contributed by atoms with van der Waals surface area (Å²) in [6.07, 6.45) is 2.93. The molecule has 0 aliphatic heterocycles. The fraction of sp³-hybridized carbons (Fsp3) is 0.111. The summed E-state index contributed by atoms with van der Waals surface area (Å²) in [6.45, 7) is 5.66. The summed E-state index contributed by atoms with van der Waals surface area (Å²) in [5, 5.41) is 9.07. The Morgan fingerprint density at radius 1 is 0.919 bits per heavy atom. The number of benzene rings is 3. The molecule has 3 rings (SSSR count). The van der Waals surface area contributed by atoms with Crippen molar-refractivity contribution in [2.75, 3.05) is 23.8 Å². The van der Waals surface area contributed by atoms with Crippen molar-refractivity contribution in [2.45, 2.75) is 6.92 Å². The molecular weight excluding hydrogens is 540 g/mol. The first-order valence-corrected chi connectivity index (χ1v) is 11.9. The van der Waals surface area contributed by atoms with Crippen LogP contribution in [-0.2, 0) is 14.4 Å². The number of aryl methyl sites for hydroxylation is 1. The molecule has 0 atom stereocenters. The van der Waals surface area contributed by atoms with Gasteiger partial charge in [-0.15, -0.1) is 0 Å². The Labute approximate surface area is 222 Å². The number of halogens is 1. The molecule has 0 heterocycles. The Kier molecular flexibility index (Phi) is 9.98. The molecule has 3 aromatic carbocycles. The predicted octanol–water partition coefficient (Wildman–Crippen LogP) is 4.43. The van der Waals surface area contributed by atoms with Crippen LogP contribution >= 0.6 is 15.9 Å². The zero-order valence-electron chi connectivity index (χ0n) is 20.0. The van der Waals surface area contributed by atoms with Crippen LogP contribution in [0.25, 0.3) is 0 Å². The van der Waals surface area contributed by atoms with Gasteiger partial charge in [-0.3, -0.25) is 14.4 Å². The van der Waals surface area contributed by atoms with Crippen molar-refractivity contribution in [3.63, 3.8) is 0 Å². The lowest BCUT2D eigenvalue weighted by Gasteiger charge is -2.10. The Morgan fingerprint density at radius 2 is 1.59 bits per heavy atom. The SMILES string of the molecule is C=CCOc1ccc(NC(=O)C(=O)N/N=C\c2cc(Br)ccc2OCC(=O)Nc2ccc(C)cc2)cc1. The van der Waals surface area contributed by atoms with E-state index >= 15 is 0 Å². The van der Waals surface area contributed by atoms with Gasteiger partial charge in [-0.25, -0.2) is 5.43 Å². The summed E-state index contributed by atoms with van der Waals surface area (Å²) < 4.78 is 11.7. The standard InChI is InChI=1S/C27H25BrN4O5/c1-3-14-36-23-11-9-22(10-12-23)31-26(34)27(35)32-29-16-19-15-20(28)6-13-24(19)37-17-25(33)30-21-7-4-18(2)5-8-21/h3-13,15-16H,1,14,17H2,2H3,(H,30,33)(H,31,34)(H,32,35)/b29-16-. The maximum Gasteiger partial charge on any atom is 0.329 e. The zero-order valence-corrected chi connectivity index (χ0v) is 21.6. The van der Waals surface area contributed by atoms with Crippen LogP contribution in [-0.4, -0.2) is 37.1 Å². The molecule has 0 unspecified atom stereocenters. The van der Waals surface area contributed by atoms with Crippen LogP contribution in [0.15, 0.2) is 89.0 Å². The number of carbonyl (C=O) groups is 3. The van der Waals surface area contributed by atoms with Crippen LogP contribution in [0.3, 0.4) is 0 Å². The molecule has 0 aliphatic carbocycles. The van der Waals surface area contributed by atoms with Crippen molar-refractivity contribution in [1.29, 1.82) is 0 Å². The first kappa shape index (κ1) is 27.2. The molecule has 0 aromatic heterocycles. The molecule has 0 aliphatic rings. The minimum Gasteiger partial charge on any atom is -0.490 e. The molecule has 10 heteroatoms. The van der Waals surface area contributed by atoms with Gasteiger partial charge in [0, 0.05) is 21.4 Å². The first-order chi connectivity index (χ1) is 17.8. The first-order valence-electron chi connectivity index (χ1n) is 11.1. The lowest BCUT2D eigenvalue weighted by Crippen LogP contribution is -2.32. The number of carbonyl (C=O) groups excluding carboxylic acids is 3. The molecule has 3 amide bonds. The van der Waals surface area contributed by atoms with E-state index in [2.05, 4.69) is 43.7 Å². The van der Waals surface area contributed by atoms with Gasteiger partial charge >= 0.3 is 11.8 Å². The molecule has 0 bridgehead atoms. The molecule has 0 saturated heterocycles. The summed E-state index contributed by atoms with van der Waals surface area (Å²) in [5.74, 6) is -1.22. The van der Waals surface area contributed by atoms with E-state index in [0.29, 0.717) is 35.0 Å². The highest BCUT2D eigenvalue weighted by Gasteiger charge is 2.13. The van der Waals surface area contributed by atoms with Gasteiger partial charge in [0.05, 0.1) is 6.21 Å². The minimum absolute atomic E-state index is 0.234. The summed E-state index contributed by atoms with van der Waals surface area (Å²) in [7, 11) is 0. The molecule has 37 heavy (non-hydrogen) atoms. The number of nitrogens with one attached hydrogen (secondary N) is 3. The number of ether oxygens (including phenoxy) is 2. The molecule has 0 fully saturated rings. The molecule has 3 N–H and O–H groups in total. The van der Waals surface area contributed by atoms with E-state index < -0.39 is 11.8 Å². The number of hydrogen-bond acceptors (Lipinski definition) is 6. The van der Waals surface area contributed by atoms with Gasteiger partial charge in [-0.05, 0) is 61.5 Å². The van der Waals surface area contributed by atoms with E-state index in [1.54, 1.807) is 60.7 Å². The van der Waals surface area contributed by atoms with E-state index in [4.69, 9.17) is 9.47 Å². The number of hydrazone groups is 1. The minimum atomic E-state index is -0.960. The Hall–Kier alpha value is -4.44. The van der Waals surface area contributed by atoms with E-state index in [-0.39, 0.29) is 12.5 Å². The Bertz CT molecular complexity index is 1290. The summed E-state index contributed by atoms with van der Waals surface area (Å²) in [5.41, 5.74) is 4.82. The predicted molar refractivity (Wildman–Crippen MR) is 146 cm³/mol. The van der Waals surface area contributed by atoms with E-state index in [9.17, 15) is 14.4 Å². The number of hydrogen-bond donors (Lipinski definition) is 3. The highest BCUT2D eigenvalue weighted by molar-refractivity contribution is 9.10. The molecular formula is C27H25BrN4O5. The zero-order chi connectivity index (χ0) is 26.6. The Morgan fingerprint density at radius 3 is 2.30 bits per heavy atom. The van der Waals surface area contributed by atoms with Crippen molar-refractivity contribution in [3.05, 3.63) is 95.0 Å². The second-order valence-electron chi connectivity index (χ2n) is 7.66. The van der Waals surface area contributed by atoms with Crippen LogP contribution in [0.2, 0.25) is 0 Å². The fourth-order valence-corrected chi connectivity index (χ4v) is 3.30. The van der Waals surface area contributed by atoms with Gasteiger partial charge in [-0.1, -0.05) is 46.3 Å². The van der Waals surface area contributed by atoms with Crippen LogP contribution in [0, 0.1) is 6.92 Å². The number of anilines is 2. The third-order valence-corrected chi connectivity index (χ3v) is 5.22. The van der Waals surface area contributed by atoms with Crippen molar-refractivity contribution >= 4 is 51.2 Å². The third kappa shape index (κ3) is 8.93. The largest absolute Gasteiger partial charge is 0.490 e. The molecule has 3 aromatic rings. The monoisotopic (exact) mass is 564 g/mol. The average molecular weight is 565 g/mol. The van der Waals surface area contributed by atoms with Crippen molar-refractivity contribution in [2.24, 2.45) is 5.10 Å². The van der Waals surface area contributed by atoms with Crippen LogP contribution in [0.4, 0.5) is 11.4 Å². The van der Waals surface area contributed by atoms with Gasteiger partial charge < -0.3 is 20.1 Å². The van der Waals surface area contributed by atoms with E-state index in [1.807, 2.05) is 19.1 Å².